The molecule has 0 spiro atoms. The molecular weight excluding hydrogens is 1500 g/mol. The molecule has 22 N–H and O–H groups in total. The lowest BCUT2D eigenvalue weighted by atomic mass is 9.86. The number of ether oxygens (including phenoxy) is 2. The third-order valence-corrected chi connectivity index (χ3v) is 16.4. The molecule has 0 aliphatic carbocycles. The molecule has 0 saturated heterocycles. The number of rotatable bonds is 20. The van der Waals surface area contributed by atoms with E-state index in [-0.39, 0.29) is 151 Å². The zero-order valence-electron chi connectivity index (χ0n) is 66.0. The Morgan fingerprint density at radius 3 is 0.701 bits per heavy atom. The highest BCUT2D eigenvalue weighted by atomic mass is 16.5. The summed E-state index contributed by atoms with van der Waals surface area (Å²) in [5, 5.41) is 209. The Labute approximate surface area is 680 Å². The van der Waals surface area contributed by atoms with Gasteiger partial charge in [0, 0.05) is 84.3 Å². The Morgan fingerprint density at radius 1 is 0.214 bits per heavy atom. The van der Waals surface area contributed by atoms with Crippen LogP contribution in [0.3, 0.4) is 0 Å². The Bertz CT molecular complexity index is 4750. The molecule has 0 aromatic heterocycles. The molecule has 0 saturated carbocycles. The highest BCUT2D eigenvalue weighted by Crippen LogP contribution is 2.41. The van der Waals surface area contributed by atoms with Crippen LogP contribution in [0.1, 0.15) is 137 Å². The van der Waals surface area contributed by atoms with Crippen molar-refractivity contribution >= 4 is 0 Å². The van der Waals surface area contributed by atoms with Gasteiger partial charge in [0.1, 0.15) is 138 Å². The fraction of sp³-hybridized carbons (Fsp3) is 0.226. The summed E-state index contributed by atoms with van der Waals surface area (Å²) >= 11 is 0. The van der Waals surface area contributed by atoms with E-state index in [1.807, 2.05) is 0 Å². The van der Waals surface area contributed by atoms with Crippen LogP contribution in [0.25, 0.3) is 0 Å². The van der Waals surface area contributed by atoms with E-state index in [2.05, 4.69) is 41.5 Å². The van der Waals surface area contributed by atoms with E-state index in [1.54, 1.807) is 97.1 Å². The van der Waals surface area contributed by atoms with Gasteiger partial charge in [0.25, 0.3) is 0 Å². The van der Waals surface area contributed by atoms with Gasteiger partial charge in [0.05, 0.1) is 13.2 Å². The Kier molecular flexibility index (Phi) is 41.3. The average Bonchev–Trinajstić information content (AvgIpc) is 0.841. The minimum absolute atomic E-state index is 0.00239. The fourth-order valence-corrected chi connectivity index (χ4v) is 11.0. The van der Waals surface area contributed by atoms with Crippen LogP contribution >= 0.6 is 0 Å². The fourth-order valence-electron chi connectivity index (χ4n) is 11.0. The molecule has 3 atom stereocenters. The van der Waals surface area contributed by atoms with Crippen molar-refractivity contribution in [3.63, 3.8) is 0 Å². The number of phenols is 22. The van der Waals surface area contributed by atoms with Gasteiger partial charge in [-0.25, -0.2) is 0 Å². The first kappa shape index (κ1) is 95.2. The van der Waals surface area contributed by atoms with Crippen molar-refractivity contribution in [1.82, 2.24) is 0 Å². The minimum Gasteiger partial charge on any atom is -0.508 e. The molecule has 12 aromatic rings. The molecule has 3 unspecified atom stereocenters. The van der Waals surface area contributed by atoms with Crippen LogP contribution in [0, 0.1) is 0 Å². The number of aromatic hydroxyl groups is 22. The van der Waals surface area contributed by atoms with Crippen molar-refractivity contribution in [3.8, 4) is 138 Å². The highest BCUT2D eigenvalue weighted by Gasteiger charge is 2.23. The van der Waals surface area contributed by atoms with Crippen molar-refractivity contribution < 1.29 is 122 Å². The van der Waals surface area contributed by atoms with E-state index >= 15 is 0 Å². The summed E-state index contributed by atoms with van der Waals surface area (Å²) in [5.74, 6) is 0.605. The van der Waals surface area contributed by atoms with Crippen molar-refractivity contribution in [3.05, 3.63) is 288 Å². The predicted octanol–water partition coefficient (Wildman–Crippen LogP) is 19.4. The van der Waals surface area contributed by atoms with E-state index in [0.29, 0.717) is 102 Å². The first-order chi connectivity index (χ1) is 55.8. The standard InChI is InChI=1S/3C22H22O6.3C6H6O2.3C3H8/c23-16-5-3-13(20(26)10-16)1-2-14(19-8-7-18(25)12-22(19)28)9-15-4-6-17(24)11-21(15)27;23-16-2-1-3-19(11-16)28-9-8-14(20-7-6-18(25)13-22(20)27)10-15-4-5-17(24)12-21(15)26;23-16-2-1-3-19(10-16)28-13-15(20-9-8-18(25)12-22(20)27)5-4-14-6-7-17(24)11-21(14)26;3*7-5-2-1-3-6(8)4-5;3*1-3-2/h3-8,10-12,14,23-28H,1-2,9H2;1-7,11-14,23-27H,8-10H2;1-3,6-12,15,23-27H,4-5,13H2;3*1-4,7-8H;3*3H2,1-2H3. The number of benzene rings is 12. The molecule has 0 amide bonds. The first-order valence-electron chi connectivity index (χ1n) is 37.7. The maximum absolute atomic E-state index is 10.3. The number of aryl methyl sites for hydroxylation is 2. The monoisotopic (exact) mass is 1610 g/mol. The van der Waals surface area contributed by atoms with Crippen LogP contribution in [0.15, 0.2) is 249 Å². The first-order valence-corrected chi connectivity index (χ1v) is 37.7. The van der Waals surface area contributed by atoms with Crippen LogP contribution in [0.2, 0.25) is 0 Å². The van der Waals surface area contributed by atoms with Crippen molar-refractivity contribution in [2.45, 2.75) is 124 Å². The second-order valence-corrected chi connectivity index (χ2v) is 26.7. The summed E-state index contributed by atoms with van der Waals surface area (Å²) < 4.78 is 11.5. The highest BCUT2D eigenvalue weighted by molar-refractivity contribution is 5.49. The average molecular weight is 1610 g/mol. The Hall–Kier alpha value is -14.2. The van der Waals surface area contributed by atoms with Crippen LogP contribution in [-0.2, 0) is 25.7 Å². The Morgan fingerprint density at radius 2 is 0.436 bits per heavy atom. The maximum Gasteiger partial charge on any atom is 0.123 e. The summed E-state index contributed by atoms with van der Waals surface area (Å²) in [5.41, 5.74) is 4.36. The molecule has 0 aliphatic rings. The number of hydrogen-bond acceptors (Lipinski definition) is 24. The van der Waals surface area contributed by atoms with Gasteiger partial charge in [-0.3, -0.25) is 0 Å². The van der Waals surface area contributed by atoms with Gasteiger partial charge >= 0.3 is 0 Å². The van der Waals surface area contributed by atoms with Gasteiger partial charge in [0.15, 0.2) is 0 Å². The Balaban J connectivity index is 0.000000308. The van der Waals surface area contributed by atoms with Crippen molar-refractivity contribution in [2.75, 3.05) is 13.2 Å². The molecular formula is C93H108O24. The topological polar surface area (TPSA) is 464 Å². The van der Waals surface area contributed by atoms with Gasteiger partial charge in [0.2, 0.25) is 0 Å². The van der Waals surface area contributed by atoms with Gasteiger partial charge in [-0.2, -0.15) is 0 Å². The molecule has 12 aromatic carbocycles. The van der Waals surface area contributed by atoms with Crippen molar-refractivity contribution in [1.29, 1.82) is 0 Å². The largest absolute Gasteiger partial charge is 0.508 e. The molecule has 624 valence electrons. The molecule has 24 nitrogen and oxygen atoms in total. The lowest BCUT2D eigenvalue weighted by Crippen LogP contribution is -2.12. The lowest BCUT2D eigenvalue weighted by Gasteiger charge is -2.20. The van der Waals surface area contributed by atoms with E-state index in [0.717, 1.165) is 0 Å². The van der Waals surface area contributed by atoms with E-state index < -0.39 is 0 Å². The van der Waals surface area contributed by atoms with E-state index in [9.17, 15) is 81.7 Å². The summed E-state index contributed by atoms with van der Waals surface area (Å²) in [7, 11) is 0. The second-order valence-electron chi connectivity index (χ2n) is 26.7. The minimum atomic E-state index is -0.240. The molecule has 117 heavy (non-hydrogen) atoms. The number of hydrogen-bond donors (Lipinski definition) is 22. The predicted molar refractivity (Wildman–Crippen MR) is 450 cm³/mol. The molecule has 0 aliphatic heterocycles. The summed E-state index contributed by atoms with van der Waals surface area (Å²) in [6, 6.07) is 61.2. The molecule has 12 rings (SSSR count). The van der Waals surface area contributed by atoms with Crippen LogP contribution in [0.4, 0.5) is 0 Å². The third kappa shape index (κ3) is 36.0. The molecule has 0 fully saturated rings. The summed E-state index contributed by atoms with van der Waals surface area (Å²) in [4.78, 5) is 0. The van der Waals surface area contributed by atoms with Gasteiger partial charge in [-0.15, -0.1) is 0 Å². The molecule has 24 heteroatoms. The zero-order chi connectivity index (χ0) is 86.5. The summed E-state index contributed by atoms with van der Waals surface area (Å²) in [6.07, 6.45) is 7.05. The molecule has 0 heterocycles. The molecule has 0 radical (unpaired) electrons. The molecule has 0 bridgehead atoms. The second kappa shape index (κ2) is 50.8. The summed E-state index contributed by atoms with van der Waals surface area (Å²) in [6.45, 7) is 13.3. The van der Waals surface area contributed by atoms with Gasteiger partial charge < -0.3 is 122 Å². The van der Waals surface area contributed by atoms with Gasteiger partial charge in [-0.05, 0) is 193 Å². The van der Waals surface area contributed by atoms with Gasteiger partial charge in [-0.1, -0.05) is 134 Å². The van der Waals surface area contributed by atoms with Crippen LogP contribution in [-0.4, -0.2) is 126 Å². The van der Waals surface area contributed by atoms with Crippen LogP contribution < -0.4 is 9.47 Å². The van der Waals surface area contributed by atoms with E-state index in [1.165, 1.54) is 171 Å². The SMILES string of the molecule is CCC.CCC.CCC.Oc1ccc(CCC(Cc2ccc(O)cc2O)c2ccc(O)cc2O)c(O)c1.Oc1cccc(O)c1.Oc1cccc(O)c1.Oc1cccc(O)c1.Oc1cccc(OCC(CCc2ccc(O)cc2O)c2ccc(O)cc2O)c1.Oc1cccc(OCCC(Cc2ccc(O)cc2O)c2ccc(O)cc2O)c1. The van der Waals surface area contributed by atoms with E-state index in [4.69, 9.17) is 40.1 Å². The quantitative estimate of drug-likeness (QED) is 0.0337. The van der Waals surface area contributed by atoms with Crippen LogP contribution in [0.5, 0.6) is 138 Å². The maximum atomic E-state index is 10.3. The van der Waals surface area contributed by atoms with Crippen molar-refractivity contribution in [2.24, 2.45) is 0 Å². The normalized spacial score (nSPS) is 10.9. The lowest BCUT2D eigenvalue weighted by molar-refractivity contribution is 0.276. The number of phenolic OH excluding ortho intramolecular Hbond substituents is 22. The zero-order valence-corrected chi connectivity index (χ0v) is 66.0. The smallest absolute Gasteiger partial charge is 0.123 e. The third-order valence-electron chi connectivity index (χ3n) is 16.4.